The van der Waals surface area contributed by atoms with Crippen LogP contribution in [0, 0.1) is 10.1 Å². The summed E-state index contributed by atoms with van der Waals surface area (Å²) >= 11 is 7.70. The smallest absolute Gasteiger partial charge is 0.311 e. The lowest BCUT2D eigenvalue weighted by Gasteiger charge is -2.28. The summed E-state index contributed by atoms with van der Waals surface area (Å²) < 4.78 is 12.2. The van der Waals surface area contributed by atoms with E-state index in [2.05, 4.69) is 15.6 Å². The van der Waals surface area contributed by atoms with Gasteiger partial charge < -0.3 is 20.1 Å². The van der Waals surface area contributed by atoms with Gasteiger partial charge in [-0.2, -0.15) is 4.98 Å². The third-order valence-corrected chi connectivity index (χ3v) is 7.72. The molecule has 5 rings (SSSR count). The Kier molecular flexibility index (Phi) is 8.13. The zero-order valence-electron chi connectivity index (χ0n) is 22.3. The number of nitro groups is 1. The fourth-order valence-corrected chi connectivity index (χ4v) is 5.62. The maximum atomic E-state index is 13.8. The minimum absolute atomic E-state index is 0.100. The summed E-state index contributed by atoms with van der Waals surface area (Å²) in [5, 5.41) is 23.7. The van der Waals surface area contributed by atoms with Crippen molar-refractivity contribution in [3.05, 3.63) is 104 Å². The van der Waals surface area contributed by atoms with Crippen LogP contribution in [0.5, 0.6) is 11.5 Å². The van der Waals surface area contributed by atoms with Crippen LogP contribution in [0.2, 0.25) is 5.02 Å². The molecule has 1 amide bonds. The van der Waals surface area contributed by atoms with Gasteiger partial charge in [-0.25, -0.2) is 4.68 Å². The van der Waals surface area contributed by atoms with Crippen LogP contribution in [-0.4, -0.2) is 39.8 Å². The highest BCUT2D eigenvalue weighted by atomic mass is 35.5. The first kappa shape index (κ1) is 28.0. The highest BCUT2D eigenvalue weighted by molar-refractivity contribution is 7.98. The van der Waals surface area contributed by atoms with Crippen molar-refractivity contribution in [3.63, 3.8) is 0 Å². The number of amides is 1. The third-order valence-electron chi connectivity index (χ3n) is 6.46. The lowest BCUT2D eigenvalue weighted by atomic mass is 9.94. The number of hydrogen-bond donors (Lipinski definition) is 2. The van der Waals surface area contributed by atoms with Crippen LogP contribution in [-0.2, 0) is 10.5 Å². The number of ether oxygens (including phenoxy) is 2. The average Bonchev–Trinajstić information content (AvgIpc) is 3.38. The first-order valence-corrected chi connectivity index (χ1v) is 13.7. The quantitative estimate of drug-likeness (QED) is 0.135. The van der Waals surface area contributed by atoms with Crippen LogP contribution in [0.4, 0.5) is 17.3 Å². The number of nitrogens with zero attached hydrogens (tertiary/aromatic N) is 4. The molecule has 0 saturated heterocycles. The predicted molar refractivity (Wildman–Crippen MR) is 157 cm³/mol. The van der Waals surface area contributed by atoms with E-state index >= 15 is 0 Å². The molecule has 0 spiro atoms. The van der Waals surface area contributed by atoms with E-state index in [1.807, 2.05) is 24.3 Å². The van der Waals surface area contributed by atoms with E-state index in [-0.39, 0.29) is 11.4 Å². The molecule has 1 atom stereocenters. The Morgan fingerprint density at radius 3 is 2.59 bits per heavy atom. The van der Waals surface area contributed by atoms with Crippen LogP contribution in [0.1, 0.15) is 24.1 Å². The van der Waals surface area contributed by atoms with Crippen LogP contribution >= 0.6 is 23.4 Å². The molecule has 2 N–H and O–H groups in total. The summed E-state index contributed by atoms with van der Waals surface area (Å²) in [4.78, 5) is 29.8. The summed E-state index contributed by atoms with van der Waals surface area (Å²) in [6.45, 7) is 1.75. The second kappa shape index (κ2) is 11.9. The molecule has 0 saturated carbocycles. The van der Waals surface area contributed by atoms with Crippen molar-refractivity contribution in [2.75, 3.05) is 24.9 Å². The van der Waals surface area contributed by atoms with E-state index in [1.54, 1.807) is 41.9 Å². The highest BCUT2D eigenvalue weighted by Gasteiger charge is 2.36. The number of thioether (sulfide) groups is 1. The molecule has 1 aromatic heterocycles. The number of allylic oxidation sites excluding steroid dienone is 1. The van der Waals surface area contributed by atoms with Crippen LogP contribution in [0.3, 0.4) is 0 Å². The molecule has 1 aliphatic rings. The Labute approximate surface area is 244 Å². The van der Waals surface area contributed by atoms with Crippen molar-refractivity contribution in [1.82, 2.24) is 14.8 Å². The van der Waals surface area contributed by atoms with Gasteiger partial charge in [0.15, 0.2) is 5.75 Å². The number of fused-ring (bicyclic) bond motifs is 1. The number of nitrogens with one attached hydrogen (secondary N) is 2. The SMILES string of the molecule is COc1ccccc1NC(=O)C1=C(C)Nc2nc(SCc3ccccc3Cl)nn2C1c1ccc(OC)c([N+](=O)[O-])c1. The van der Waals surface area contributed by atoms with Gasteiger partial charge in [0.2, 0.25) is 11.1 Å². The fourth-order valence-electron chi connectivity index (χ4n) is 4.51. The molecule has 1 unspecified atom stereocenters. The maximum Gasteiger partial charge on any atom is 0.311 e. The zero-order chi connectivity index (χ0) is 29.1. The summed E-state index contributed by atoms with van der Waals surface area (Å²) in [5.74, 6) is 1.06. The van der Waals surface area contributed by atoms with Gasteiger partial charge in [-0.05, 0) is 42.3 Å². The summed E-state index contributed by atoms with van der Waals surface area (Å²) in [6.07, 6.45) is 0. The van der Waals surface area contributed by atoms with E-state index in [1.165, 1.54) is 38.1 Å². The molecule has 0 radical (unpaired) electrons. The number of halogens is 1. The first-order valence-electron chi connectivity index (χ1n) is 12.4. The fraction of sp³-hybridized carbons (Fsp3) is 0.179. The van der Waals surface area contributed by atoms with Gasteiger partial charge in [0.25, 0.3) is 5.91 Å². The van der Waals surface area contributed by atoms with Crippen LogP contribution in [0.25, 0.3) is 0 Å². The molecule has 3 aromatic carbocycles. The van der Waals surface area contributed by atoms with Crippen molar-refractivity contribution in [2.24, 2.45) is 0 Å². The number of benzene rings is 3. The van der Waals surface area contributed by atoms with Gasteiger partial charge in [-0.15, -0.1) is 5.10 Å². The Morgan fingerprint density at radius 1 is 1.12 bits per heavy atom. The van der Waals surface area contributed by atoms with Gasteiger partial charge in [-0.3, -0.25) is 14.9 Å². The second-order valence-corrected chi connectivity index (χ2v) is 10.3. The lowest BCUT2D eigenvalue weighted by Crippen LogP contribution is -2.31. The molecule has 13 heteroatoms. The molecular formula is C28H25ClN6O5S. The van der Waals surface area contributed by atoms with Crippen LogP contribution < -0.4 is 20.1 Å². The van der Waals surface area contributed by atoms with Crippen molar-refractivity contribution >= 4 is 46.6 Å². The minimum atomic E-state index is -0.840. The number of hydrogen-bond acceptors (Lipinski definition) is 9. The van der Waals surface area contributed by atoms with Crippen molar-refractivity contribution < 1.29 is 19.2 Å². The number of rotatable bonds is 9. The molecule has 2 heterocycles. The van der Waals surface area contributed by atoms with Crippen molar-refractivity contribution in [2.45, 2.75) is 23.9 Å². The van der Waals surface area contributed by atoms with Crippen molar-refractivity contribution in [1.29, 1.82) is 0 Å². The van der Waals surface area contributed by atoms with Gasteiger partial charge in [0, 0.05) is 22.5 Å². The number of nitro benzene ring substituents is 1. The van der Waals surface area contributed by atoms with E-state index in [4.69, 9.17) is 26.2 Å². The summed E-state index contributed by atoms with van der Waals surface area (Å²) in [5.41, 5.74) is 2.44. The van der Waals surface area contributed by atoms with E-state index < -0.39 is 16.9 Å². The Hall–Kier alpha value is -4.55. The Morgan fingerprint density at radius 2 is 1.85 bits per heavy atom. The molecule has 4 aromatic rings. The molecule has 0 bridgehead atoms. The molecule has 11 nitrogen and oxygen atoms in total. The molecule has 0 fully saturated rings. The van der Waals surface area contributed by atoms with E-state index in [0.717, 1.165) is 5.56 Å². The summed E-state index contributed by atoms with van der Waals surface area (Å²) in [7, 11) is 2.88. The number of methoxy groups -OCH3 is 2. The lowest BCUT2D eigenvalue weighted by molar-refractivity contribution is -0.385. The number of anilines is 2. The molecular weight excluding hydrogens is 568 g/mol. The number of carbonyl (C=O) groups is 1. The van der Waals surface area contributed by atoms with Gasteiger partial charge in [0.05, 0.1) is 30.4 Å². The Balaban J connectivity index is 1.57. The van der Waals surface area contributed by atoms with Crippen LogP contribution in [0.15, 0.2) is 83.2 Å². The van der Waals surface area contributed by atoms with Crippen molar-refractivity contribution in [3.8, 4) is 11.5 Å². The highest BCUT2D eigenvalue weighted by Crippen LogP contribution is 2.40. The summed E-state index contributed by atoms with van der Waals surface area (Å²) in [6, 6.07) is 18.3. The number of para-hydroxylation sites is 2. The van der Waals surface area contributed by atoms with E-state index in [0.29, 0.717) is 50.2 Å². The number of aromatic nitrogens is 3. The topological polar surface area (TPSA) is 133 Å². The average molecular weight is 593 g/mol. The second-order valence-electron chi connectivity index (χ2n) is 8.95. The molecule has 0 aliphatic carbocycles. The van der Waals surface area contributed by atoms with Gasteiger partial charge >= 0.3 is 5.69 Å². The predicted octanol–water partition coefficient (Wildman–Crippen LogP) is 6.08. The molecule has 210 valence electrons. The standard InChI is InChI=1S/C28H25ClN6O5S/c1-16-24(26(36)31-20-10-6-7-11-22(20)39-2)25(17-12-13-23(40-3)21(14-17)35(37)38)34-27(30-16)32-28(33-34)41-15-18-8-4-5-9-19(18)29/h4-14,25H,15H2,1-3H3,(H,31,36)(H,30,32,33). The molecule has 41 heavy (non-hydrogen) atoms. The van der Waals surface area contributed by atoms with Gasteiger partial charge in [-0.1, -0.05) is 59.8 Å². The number of carbonyl (C=O) groups excluding carboxylic acids is 1. The third kappa shape index (κ3) is 5.70. The zero-order valence-corrected chi connectivity index (χ0v) is 23.8. The molecule has 1 aliphatic heterocycles. The maximum absolute atomic E-state index is 13.8. The minimum Gasteiger partial charge on any atom is -0.495 e. The largest absolute Gasteiger partial charge is 0.495 e. The monoisotopic (exact) mass is 592 g/mol. The first-order chi connectivity index (χ1) is 19.8. The normalized spacial score (nSPS) is 14.2. The van der Waals surface area contributed by atoms with E-state index in [9.17, 15) is 14.9 Å². The van der Waals surface area contributed by atoms with Gasteiger partial charge in [0.1, 0.15) is 11.8 Å². The Bertz CT molecular complexity index is 1670.